The molecule has 1 amide bonds. The van der Waals surface area contributed by atoms with Gasteiger partial charge in [-0.25, -0.2) is 4.68 Å². The van der Waals surface area contributed by atoms with Crippen molar-refractivity contribution >= 4 is 52.0 Å². The number of hydrogen-bond acceptors (Lipinski definition) is 5. The molecule has 0 spiro atoms. The monoisotopic (exact) mass is 493 g/mol. The SMILES string of the molecule is CCCCSc1ccc(-c2nn(-c3ccccc3)cc2C=C2SC(=S)N(CCC)C2=O)cc1. The molecule has 0 saturated carbocycles. The van der Waals surface area contributed by atoms with Crippen molar-refractivity contribution in [1.82, 2.24) is 14.7 Å². The van der Waals surface area contributed by atoms with E-state index in [0.717, 1.165) is 34.7 Å². The van der Waals surface area contributed by atoms with Crippen molar-refractivity contribution in [3.63, 3.8) is 0 Å². The normalized spacial score (nSPS) is 15.1. The van der Waals surface area contributed by atoms with E-state index in [0.29, 0.717) is 15.8 Å². The van der Waals surface area contributed by atoms with E-state index >= 15 is 0 Å². The van der Waals surface area contributed by atoms with Crippen LogP contribution in [0.1, 0.15) is 38.7 Å². The van der Waals surface area contributed by atoms with Gasteiger partial charge in [0.25, 0.3) is 5.91 Å². The lowest BCUT2D eigenvalue weighted by atomic mass is 10.1. The Labute approximate surface area is 209 Å². The number of nitrogens with zero attached hydrogens (tertiary/aromatic N) is 3. The van der Waals surface area contributed by atoms with Gasteiger partial charge in [-0.05, 0) is 48.9 Å². The van der Waals surface area contributed by atoms with E-state index in [-0.39, 0.29) is 5.91 Å². The first kappa shape index (κ1) is 23.8. The van der Waals surface area contributed by atoms with Crippen LogP contribution in [0.15, 0.2) is 70.6 Å². The molecule has 1 aliphatic heterocycles. The standard InChI is InChI=1S/C26H27N3OS3/c1-3-5-16-32-22-13-11-19(12-14-22)24-20(18-29(27-24)21-9-7-6-8-10-21)17-23-25(30)28(15-4-2)26(31)33-23/h6-14,17-18H,3-5,15-16H2,1-2H3. The van der Waals surface area contributed by atoms with Gasteiger partial charge in [-0.2, -0.15) is 5.10 Å². The Kier molecular flexibility index (Phi) is 8.06. The van der Waals surface area contributed by atoms with Gasteiger partial charge in [0.1, 0.15) is 4.32 Å². The third-order valence-corrected chi connectivity index (χ3v) is 7.74. The van der Waals surface area contributed by atoms with E-state index in [1.165, 1.54) is 29.5 Å². The molecule has 3 aromatic rings. The molecule has 0 radical (unpaired) electrons. The number of carbonyl (C=O) groups excluding carboxylic acids is 1. The second kappa shape index (κ2) is 11.2. The summed E-state index contributed by atoms with van der Waals surface area (Å²) in [6, 6.07) is 18.6. The molecule has 33 heavy (non-hydrogen) atoms. The summed E-state index contributed by atoms with van der Waals surface area (Å²) < 4.78 is 2.50. The minimum Gasteiger partial charge on any atom is -0.293 e. The zero-order valence-corrected chi connectivity index (χ0v) is 21.3. The third kappa shape index (κ3) is 5.60. The van der Waals surface area contributed by atoms with E-state index in [2.05, 4.69) is 38.1 Å². The molecule has 1 aliphatic rings. The van der Waals surface area contributed by atoms with Gasteiger partial charge in [0.2, 0.25) is 0 Å². The predicted molar refractivity (Wildman–Crippen MR) is 145 cm³/mol. The summed E-state index contributed by atoms with van der Waals surface area (Å²) >= 11 is 8.70. The first-order valence-corrected chi connectivity index (χ1v) is 13.5. The second-order valence-electron chi connectivity index (χ2n) is 7.77. The van der Waals surface area contributed by atoms with Crippen LogP contribution in [0.2, 0.25) is 0 Å². The molecule has 170 valence electrons. The van der Waals surface area contributed by atoms with E-state index in [9.17, 15) is 4.79 Å². The van der Waals surface area contributed by atoms with E-state index in [1.807, 2.05) is 59.0 Å². The van der Waals surface area contributed by atoms with E-state index in [1.54, 1.807) is 4.90 Å². The Morgan fingerprint density at radius 2 is 1.82 bits per heavy atom. The number of thiocarbonyl (C=S) groups is 1. The van der Waals surface area contributed by atoms with Crippen LogP contribution in [0, 0.1) is 0 Å². The number of carbonyl (C=O) groups is 1. The highest BCUT2D eigenvalue weighted by Crippen LogP contribution is 2.35. The van der Waals surface area contributed by atoms with Gasteiger partial charge in [-0.3, -0.25) is 9.69 Å². The number of aromatic nitrogens is 2. The molecule has 0 atom stereocenters. The zero-order chi connectivity index (χ0) is 23.2. The lowest BCUT2D eigenvalue weighted by Gasteiger charge is -2.11. The van der Waals surface area contributed by atoms with Gasteiger partial charge in [-0.15, -0.1) is 11.8 Å². The fraction of sp³-hybridized carbons (Fsp3) is 0.269. The molecule has 7 heteroatoms. The van der Waals surface area contributed by atoms with Crippen LogP contribution in [0.3, 0.4) is 0 Å². The first-order valence-electron chi connectivity index (χ1n) is 11.2. The molecular formula is C26H27N3OS3. The van der Waals surface area contributed by atoms with E-state index in [4.69, 9.17) is 17.3 Å². The average molecular weight is 494 g/mol. The number of rotatable bonds is 9. The molecule has 2 aromatic carbocycles. The molecule has 1 fully saturated rings. The molecular weight excluding hydrogens is 467 g/mol. The lowest BCUT2D eigenvalue weighted by molar-refractivity contribution is -0.122. The van der Waals surface area contributed by atoms with Crippen molar-refractivity contribution in [1.29, 1.82) is 0 Å². The summed E-state index contributed by atoms with van der Waals surface area (Å²) in [4.78, 5) is 16.5. The minimum atomic E-state index is -0.0204. The van der Waals surface area contributed by atoms with Crippen molar-refractivity contribution in [2.75, 3.05) is 12.3 Å². The highest BCUT2D eigenvalue weighted by atomic mass is 32.2. The maximum atomic E-state index is 12.9. The van der Waals surface area contributed by atoms with Gasteiger partial charge in [0, 0.05) is 28.8 Å². The van der Waals surface area contributed by atoms with Crippen LogP contribution >= 0.6 is 35.7 Å². The highest BCUT2D eigenvalue weighted by Gasteiger charge is 2.31. The fourth-order valence-electron chi connectivity index (χ4n) is 3.53. The predicted octanol–water partition coefficient (Wildman–Crippen LogP) is 7.04. The summed E-state index contributed by atoms with van der Waals surface area (Å²) in [6.45, 7) is 4.91. The Bertz CT molecular complexity index is 1150. The van der Waals surface area contributed by atoms with Crippen molar-refractivity contribution in [3.05, 3.63) is 71.3 Å². The molecule has 0 bridgehead atoms. The summed E-state index contributed by atoms with van der Waals surface area (Å²) in [5, 5.41) is 4.90. The van der Waals surface area contributed by atoms with Gasteiger partial charge in [0.15, 0.2) is 0 Å². The zero-order valence-electron chi connectivity index (χ0n) is 18.9. The van der Waals surface area contributed by atoms with Crippen LogP contribution < -0.4 is 0 Å². The topological polar surface area (TPSA) is 38.1 Å². The number of thioether (sulfide) groups is 2. The number of para-hydroxylation sites is 1. The van der Waals surface area contributed by atoms with Gasteiger partial charge >= 0.3 is 0 Å². The molecule has 0 aliphatic carbocycles. The fourth-order valence-corrected chi connectivity index (χ4v) is 5.83. The lowest BCUT2D eigenvalue weighted by Crippen LogP contribution is -2.28. The highest BCUT2D eigenvalue weighted by molar-refractivity contribution is 8.26. The number of amides is 1. The van der Waals surface area contributed by atoms with Gasteiger partial charge in [0.05, 0.1) is 16.3 Å². The molecule has 1 aromatic heterocycles. The van der Waals surface area contributed by atoms with Gasteiger partial charge in [-0.1, -0.05) is 74.6 Å². The largest absolute Gasteiger partial charge is 0.293 e. The molecule has 0 unspecified atom stereocenters. The second-order valence-corrected chi connectivity index (χ2v) is 10.6. The molecule has 4 nitrogen and oxygen atoms in total. The van der Waals surface area contributed by atoms with Crippen molar-refractivity contribution in [2.45, 2.75) is 38.0 Å². The van der Waals surface area contributed by atoms with Crippen LogP contribution in [0.25, 0.3) is 23.0 Å². The number of unbranched alkanes of at least 4 members (excludes halogenated alkanes) is 1. The molecule has 4 rings (SSSR count). The Balaban J connectivity index is 1.70. The third-order valence-electron chi connectivity index (χ3n) is 5.27. The van der Waals surface area contributed by atoms with Crippen molar-refractivity contribution in [3.8, 4) is 16.9 Å². The van der Waals surface area contributed by atoms with Crippen LogP contribution in [0.5, 0.6) is 0 Å². The summed E-state index contributed by atoms with van der Waals surface area (Å²) in [6.07, 6.45) is 7.21. The summed E-state index contributed by atoms with van der Waals surface area (Å²) in [5.41, 5.74) is 3.76. The smallest absolute Gasteiger partial charge is 0.266 e. The maximum absolute atomic E-state index is 12.9. The average Bonchev–Trinajstić information content (AvgIpc) is 3.37. The van der Waals surface area contributed by atoms with Crippen molar-refractivity contribution < 1.29 is 4.79 Å². The van der Waals surface area contributed by atoms with Crippen molar-refractivity contribution in [2.24, 2.45) is 0 Å². The van der Waals surface area contributed by atoms with Crippen LogP contribution in [0.4, 0.5) is 0 Å². The number of benzene rings is 2. The quantitative estimate of drug-likeness (QED) is 0.138. The summed E-state index contributed by atoms with van der Waals surface area (Å²) in [5.74, 6) is 1.11. The minimum absolute atomic E-state index is 0.0204. The van der Waals surface area contributed by atoms with Crippen LogP contribution in [-0.2, 0) is 4.79 Å². The Hall–Kier alpha value is -2.35. The maximum Gasteiger partial charge on any atom is 0.266 e. The first-order chi connectivity index (χ1) is 16.1. The Morgan fingerprint density at radius 1 is 1.06 bits per heavy atom. The summed E-state index contributed by atoms with van der Waals surface area (Å²) in [7, 11) is 0. The molecule has 1 saturated heterocycles. The molecule has 0 N–H and O–H groups in total. The van der Waals surface area contributed by atoms with Crippen LogP contribution in [-0.4, -0.2) is 37.2 Å². The van der Waals surface area contributed by atoms with Gasteiger partial charge < -0.3 is 0 Å². The number of hydrogen-bond donors (Lipinski definition) is 0. The molecule has 2 heterocycles. The Morgan fingerprint density at radius 3 is 2.52 bits per heavy atom. The van der Waals surface area contributed by atoms with E-state index < -0.39 is 0 Å².